The molecule has 0 aromatic carbocycles. The van der Waals surface area contributed by atoms with Crippen molar-refractivity contribution in [3.63, 3.8) is 0 Å². The van der Waals surface area contributed by atoms with Crippen molar-refractivity contribution < 1.29 is 17.9 Å². The zero-order valence-electron chi connectivity index (χ0n) is 5.17. The van der Waals surface area contributed by atoms with Crippen LogP contribution in [0.15, 0.2) is 18.6 Å². The summed E-state index contributed by atoms with van der Waals surface area (Å²) >= 11 is 0. The van der Waals surface area contributed by atoms with Gasteiger partial charge in [0.15, 0.2) is 0 Å². The van der Waals surface area contributed by atoms with E-state index in [4.69, 9.17) is 0 Å². The van der Waals surface area contributed by atoms with Crippen LogP contribution in [0.4, 0.5) is 13.2 Å². The summed E-state index contributed by atoms with van der Waals surface area (Å²) in [4.78, 5) is 3.21. The third-order valence-electron chi connectivity index (χ3n) is 1.02. The lowest BCUT2D eigenvalue weighted by atomic mass is 10.4. The maximum Gasteiger partial charge on any atom is 0.454 e. The van der Waals surface area contributed by atoms with E-state index in [1.807, 2.05) is 0 Å². The molecule has 0 bridgehead atoms. The van der Waals surface area contributed by atoms with Gasteiger partial charge < -0.3 is 5.21 Å². The van der Waals surface area contributed by atoms with Crippen molar-refractivity contribution >= 4 is 0 Å². The molecule has 0 aliphatic heterocycles. The number of nitrogens with zero attached hydrogens (tertiary/aromatic N) is 2. The molecule has 0 saturated carbocycles. The number of aromatic nitrogens is 2. The molecule has 0 atom stereocenters. The first kappa shape index (κ1) is 7.77. The lowest BCUT2D eigenvalue weighted by Crippen LogP contribution is -2.36. The lowest BCUT2D eigenvalue weighted by molar-refractivity contribution is -0.632. The molecule has 1 rings (SSSR count). The van der Waals surface area contributed by atoms with Crippen LogP contribution in [0.1, 0.15) is 5.69 Å². The molecule has 1 aromatic rings. The highest BCUT2D eigenvalue weighted by molar-refractivity contribution is 4.96. The average molecular weight is 164 g/mol. The van der Waals surface area contributed by atoms with Gasteiger partial charge in [0.1, 0.15) is 6.20 Å². The second-order valence-corrected chi connectivity index (χ2v) is 1.79. The maximum absolute atomic E-state index is 11.8. The Hall–Kier alpha value is -1.33. The minimum Gasteiger partial charge on any atom is -0.711 e. The van der Waals surface area contributed by atoms with Crippen molar-refractivity contribution in [2.45, 2.75) is 6.18 Å². The van der Waals surface area contributed by atoms with E-state index in [1.54, 1.807) is 0 Å². The van der Waals surface area contributed by atoms with Crippen LogP contribution in [0.5, 0.6) is 0 Å². The standard InChI is InChI=1S/C5H3F3N2O/c6-5(7,8)4-1-2-9-3-10(4)11/h1-3H. The van der Waals surface area contributed by atoms with E-state index in [-0.39, 0.29) is 4.73 Å². The van der Waals surface area contributed by atoms with Gasteiger partial charge in [0.2, 0.25) is 5.69 Å². The Bertz CT molecular complexity index is 260. The van der Waals surface area contributed by atoms with Crippen molar-refractivity contribution in [3.05, 3.63) is 29.5 Å². The Kier molecular flexibility index (Phi) is 1.67. The third-order valence-corrected chi connectivity index (χ3v) is 1.02. The molecular weight excluding hydrogens is 161 g/mol. The minimum absolute atomic E-state index is 0.319. The van der Waals surface area contributed by atoms with Crippen LogP contribution in [0.25, 0.3) is 0 Å². The van der Waals surface area contributed by atoms with Crippen molar-refractivity contribution in [3.8, 4) is 0 Å². The van der Waals surface area contributed by atoms with Crippen LogP contribution in [-0.2, 0) is 6.18 Å². The molecule has 0 unspecified atom stereocenters. The second-order valence-electron chi connectivity index (χ2n) is 1.79. The first-order valence-electron chi connectivity index (χ1n) is 2.62. The lowest BCUT2D eigenvalue weighted by Gasteiger charge is -2.08. The molecule has 0 aliphatic carbocycles. The van der Waals surface area contributed by atoms with E-state index in [9.17, 15) is 18.4 Å². The number of hydrogen-bond acceptors (Lipinski definition) is 2. The summed E-state index contributed by atoms with van der Waals surface area (Å²) in [5.74, 6) is 0. The van der Waals surface area contributed by atoms with Gasteiger partial charge in [-0.3, -0.25) is 0 Å². The second kappa shape index (κ2) is 2.37. The van der Waals surface area contributed by atoms with E-state index < -0.39 is 11.9 Å². The molecule has 1 aromatic heterocycles. The molecular formula is C5H3F3N2O. The largest absolute Gasteiger partial charge is 0.711 e. The number of halogens is 3. The van der Waals surface area contributed by atoms with Crippen LogP contribution < -0.4 is 4.73 Å². The maximum atomic E-state index is 11.8. The van der Waals surface area contributed by atoms with Gasteiger partial charge in [-0.1, -0.05) is 4.98 Å². The van der Waals surface area contributed by atoms with E-state index in [2.05, 4.69) is 4.98 Å². The average Bonchev–Trinajstić information content (AvgIpc) is 1.86. The fraction of sp³-hybridized carbons (Fsp3) is 0.200. The summed E-state index contributed by atoms with van der Waals surface area (Å²) in [5, 5.41) is 10.4. The van der Waals surface area contributed by atoms with Crippen molar-refractivity contribution in [2.24, 2.45) is 0 Å². The predicted octanol–water partition coefficient (Wildman–Crippen LogP) is 0.734. The minimum atomic E-state index is -4.61. The SMILES string of the molecule is [O-][n+]1cnccc1C(F)(F)F. The smallest absolute Gasteiger partial charge is 0.454 e. The Morgan fingerprint density at radius 1 is 1.45 bits per heavy atom. The predicted molar refractivity (Wildman–Crippen MR) is 28.2 cm³/mol. The van der Waals surface area contributed by atoms with E-state index >= 15 is 0 Å². The van der Waals surface area contributed by atoms with E-state index in [0.29, 0.717) is 12.4 Å². The quantitative estimate of drug-likeness (QED) is 0.419. The normalized spacial score (nSPS) is 11.5. The highest BCUT2D eigenvalue weighted by atomic mass is 19.4. The summed E-state index contributed by atoms with van der Waals surface area (Å²) in [5.41, 5.74) is -1.26. The van der Waals surface area contributed by atoms with E-state index in [1.165, 1.54) is 0 Å². The van der Waals surface area contributed by atoms with Crippen molar-refractivity contribution in [1.82, 2.24) is 4.98 Å². The molecule has 0 aliphatic rings. The molecule has 0 N–H and O–H groups in total. The Morgan fingerprint density at radius 3 is 2.45 bits per heavy atom. The zero-order chi connectivity index (χ0) is 8.48. The van der Waals surface area contributed by atoms with Gasteiger partial charge in [0.05, 0.1) is 0 Å². The molecule has 0 saturated heterocycles. The van der Waals surface area contributed by atoms with Crippen LogP contribution >= 0.6 is 0 Å². The fourth-order valence-electron chi connectivity index (χ4n) is 0.568. The Morgan fingerprint density at radius 2 is 2.09 bits per heavy atom. The van der Waals surface area contributed by atoms with Crippen LogP contribution in [-0.4, -0.2) is 4.98 Å². The van der Waals surface area contributed by atoms with Gasteiger partial charge in [-0.25, -0.2) is 4.73 Å². The number of hydrogen-bond donors (Lipinski definition) is 0. The highest BCUT2D eigenvalue weighted by Gasteiger charge is 2.36. The van der Waals surface area contributed by atoms with Crippen LogP contribution in [0, 0.1) is 5.21 Å². The molecule has 6 heteroatoms. The van der Waals surface area contributed by atoms with Gasteiger partial charge >= 0.3 is 6.18 Å². The molecule has 0 fully saturated rings. The molecule has 60 valence electrons. The molecule has 0 spiro atoms. The molecule has 0 radical (unpaired) electrons. The summed E-state index contributed by atoms with van der Waals surface area (Å²) in [7, 11) is 0. The summed E-state index contributed by atoms with van der Waals surface area (Å²) in [6.45, 7) is 0. The van der Waals surface area contributed by atoms with Gasteiger partial charge in [0, 0.05) is 6.07 Å². The van der Waals surface area contributed by atoms with Crippen molar-refractivity contribution in [2.75, 3.05) is 0 Å². The van der Waals surface area contributed by atoms with Gasteiger partial charge in [-0.15, -0.1) is 0 Å². The topological polar surface area (TPSA) is 39.8 Å². The molecule has 0 amide bonds. The van der Waals surface area contributed by atoms with Gasteiger partial charge in [0.25, 0.3) is 6.33 Å². The fourth-order valence-corrected chi connectivity index (χ4v) is 0.568. The highest BCUT2D eigenvalue weighted by Crippen LogP contribution is 2.25. The number of rotatable bonds is 0. The third kappa shape index (κ3) is 1.57. The molecule has 3 nitrogen and oxygen atoms in total. The Balaban J connectivity index is 3.14. The van der Waals surface area contributed by atoms with Gasteiger partial charge in [-0.2, -0.15) is 13.2 Å². The first-order chi connectivity index (χ1) is 5.02. The molecule has 11 heavy (non-hydrogen) atoms. The van der Waals surface area contributed by atoms with Crippen molar-refractivity contribution in [1.29, 1.82) is 0 Å². The Labute approximate surface area is 59.7 Å². The van der Waals surface area contributed by atoms with Crippen LogP contribution in [0.2, 0.25) is 0 Å². The van der Waals surface area contributed by atoms with E-state index in [0.717, 1.165) is 6.20 Å². The monoisotopic (exact) mass is 164 g/mol. The van der Waals surface area contributed by atoms with Crippen LogP contribution in [0.3, 0.4) is 0 Å². The summed E-state index contributed by atoms with van der Waals surface area (Å²) in [6.07, 6.45) is -3.13. The molecule has 1 heterocycles. The van der Waals surface area contributed by atoms with Gasteiger partial charge in [-0.05, 0) is 0 Å². The summed E-state index contributed by atoms with van der Waals surface area (Å²) < 4.78 is 35.1. The zero-order valence-corrected chi connectivity index (χ0v) is 5.17. The number of alkyl halides is 3. The summed E-state index contributed by atoms with van der Waals surface area (Å²) in [6, 6.07) is 0.618. The first-order valence-corrected chi connectivity index (χ1v) is 2.62.